The molecule has 0 saturated carbocycles. The molecule has 0 spiro atoms. The summed E-state index contributed by atoms with van der Waals surface area (Å²) in [7, 11) is 0. The van der Waals surface area contributed by atoms with E-state index in [1.807, 2.05) is 6.07 Å². The van der Waals surface area contributed by atoms with E-state index in [2.05, 4.69) is 17.1 Å². The minimum atomic E-state index is 0.495. The van der Waals surface area contributed by atoms with Crippen LogP contribution >= 0.6 is 0 Å². The lowest BCUT2D eigenvalue weighted by molar-refractivity contribution is 0.354. The van der Waals surface area contributed by atoms with Crippen LogP contribution in [0, 0.1) is 6.92 Å². The number of hydrogen-bond donors (Lipinski definition) is 2. The molecule has 2 aliphatic rings. The van der Waals surface area contributed by atoms with Gasteiger partial charge in [-0.2, -0.15) is 5.10 Å². The summed E-state index contributed by atoms with van der Waals surface area (Å²) >= 11 is 0. The van der Waals surface area contributed by atoms with Crippen molar-refractivity contribution in [3.05, 3.63) is 22.8 Å². The molecule has 2 aliphatic heterocycles. The van der Waals surface area contributed by atoms with Crippen LogP contribution in [0.25, 0.3) is 11.3 Å². The highest BCUT2D eigenvalue weighted by Gasteiger charge is 2.30. The quantitative estimate of drug-likeness (QED) is 0.817. The molecule has 3 heterocycles. The zero-order chi connectivity index (χ0) is 13.0. The molecule has 1 aromatic heterocycles. The molecule has 0 radical (unpaired) electrons. The van der Waals surface area contributed by atoms with E-state index in [4.69, 9.17) is 15.2 Å². The molecular formula is C14H15N3O2. The van der Waals surface area contributed by atoms with Gasteiger partial charge in [0.15, 0.2) is 0 Å². The van der Waals surface area contributed by atoms with Gasteiger partial charge in [0.1, 0.15) is 17.3 Å². The lowest BCUT2D eigenvalue weighted by atomic mass is 9.93. The minimum absolute atomic E-state index is 0.495. The van der Waals surface area contributed by atoms with Crippen molar-refractivity contribution in [3.8, 4) is 22.8 Å². The zero-order valence-electron chi connectivity index (χ0n) is 10.7. The fourth-order valence-corrected chi connectivity index (χ4v) is 3.09. The average molecular weight is 257 g/mol. The summed E-state index contributed by atoms with van der Waals surface area (Å²) in [5, 5.41) is 7.01. The van der Waals surface area contributed by atoms with Crippen molar-refractivity contribution >= 4 is 5.82 Å². The minimum Gasteiger partial charge on any atom is -0.493 e. The molecule has 0 unspecified atom stereocenters. The third kappa shape index (κ3) is 1.38. The first kappa shape index (κ1) is 10.7. The van der Waals surface area contributed by atoms with E-state index in [1.165, 1.54) is 16.7 Å². The maximum absolute atomic E-state index is 5.86. The summed E-state index contributed by atoms with van der Waals surface area (Å²) in [6.45, 7) is 3.58. The molecule has 0 bridgehead atoms. The molecule has 0 fully saturated rings. The zero-order valence-corrected chi connectivity index (χ0v) is 10.7. The number of nitrogens with zero attached hydrogens (tertiary/aromatic N) is 1. The second kappa shape index (κ2) is 3.66. The van der Waals surface area contributed by atoms with Gasteiger partial charge in [-0.05, 0) is 12.5 Å². The summed E-state index contributed by atoms with van der Waals surface area (Å²) in [6, 6.07) is 1.85. The Morgan fingerprint density at radius 2 is 1.89 bits per heavy atom. The van der Waals surface area contributed by atoms with Crippen LogP contribution in [0.3, 0.4) is 0 Å². The molecule has 0 saturated heterocycles. The van der Waals surface area contributed by atoms with Crippen LogP contribution in [0.4, 0.5) is 5.82 Å². The first-order valence-corrected chi connectivity index (χ1v) is 6.51. The molecule has 3 N–H and O–H groups in total. The fourth-order valence-electron chi connectivity index (χ4n) is 3.09. The third-order valence-corrected chi connectivity index (χ3v) is 3.93. The maximum atomic E-state index is 5.86. The van der Waals surface area contributed by atoms with Crippen molar-refractivity contribution in [1.29, 1.82) is 0 Å². The number of nitrogens with one attached hydrogen (secondary N) is 1. The number of H-pyrrole nitrogens is 1. The summed E-state index contributed by atoms with van der Waals surface area (Å²) < 4.78 is 11.7. The van der Waals surface area contributed by atoms with Gasteiger partial charge in [0.2, 0.25) is 0 Å². The summed E-state index contributed by atoms with van der Waals surface area (Å²) in [6.07, 6.45) is 1.84. The lowest BCUT2D eigenvalue weighted by Gasteiger charge is -2.14. The Morgan fingerprint density at radius 3 is 2.63 bits per heavy atom. The molecule has 0 aliphatic carbocycles. The van der Waals surface area contributed by atoms with Crippen molar-refractivity contribution in [3.63, 3.8) is 0 Å². The Kier molecular flexibility index (Phi) is 2.07. The highest BCUT2D eigenvalue weighted by Crippen LogP contribution is 2.48. The molecule has 0 amide bonds. The average Bonchev–Trinajstić information content (AvgIpc) is 3.09. The molecular weight excluding hydrogens is 242 g/mol. The van der Waals surface area contributed by atoms with Gasteiger partial charge >= 0.3 is 0 Å². The van der Waals surface area contributed by atoms with E-state index < -0.39 is 0 Å². The fraction of sp³-hybridized carbons (Fsp3) is 0.357. The standard InChI is InChI=1S/C14H15N3O2/c1-7-8-2-4-19-14(8)12(9-3-5-18-13(7)9)10-6-11(15)17-16-10/h6H,2-5H2,1H3,(H3,15,16,17). The van der Waals surface area contributed by atoms with Gasteiger partial charge in [-0.3, -0.25) is 5.10 Å². The van der Waals surface area contributed by atoms with Gasteiger partial charge in [-0.25, -0.2) is 0 Å². The van der Waals surface area contributed by atoms with Crippen molar-refractivity contribution in [2.75, 3.05) is 18.9 Å². The molecule has 5 heteroatoms. The molecule has 1 aromatic carbocycles. The van der Waals surface area contributed by atoms with Crippen molar-refractivity contribution in [2.45, 2.75) is 19.8 Å². The van der Waals surface area contributed by atoms with Crippen LogP contribution in [0.2, 0.25) is 0 Å². The van der Waals surface area contributed by atoms with Crippen molar-refractivity contribution < 1.29 is 9.47 Å². The molecule has 98 valence electrons. The first-order chi connectivity index (χ1) is 9.25. The number of benzene rings is 1. The molecule has 5 nitrogen and oxygen atoms in total. The van der Waals surface area contributed by atoms with Gasteiger partial charge in [0, 0.05) is 35.6 Å². The normalized spacial score (nSPS) is 15.8. The van der Waals surface area contributed by atoms with Gasteiger partial charge in [0.25, 0.3) is 0 Å². The monoisotopic (exact) mass is 257 g/mol. The topological polar surface area (TPSA) is 73.2 Å². The maximum Gasteiger partial charge on any atom is 0.145 e. The molecule has 4 rings (SSSR count). The van der Waals surface area contributed by atoms with Crippen molar-refractivity contribution in [1.82, 2.24) is 10.2 Å². The number of hydrogen-bond acceptors (Lipinski definition) is 4. The van der Waals surface area contributed by atoms with Gasteiger partial charge in [-0.15, -0.1) is 0 Å². The number of nitrogen functional groups attached to an aromatic ring is 1. The second-order valence-electron chi connectivity index (χ2n) is 5.02. The largest absolute Gasteiger partial charge is 0.493 e. The first-order valence-electron chi connectivity index (χ1n) is 6.51. The van der Waals surface area contributed by atoms with Gasteiger partial charge in [-0.1, -0.05) is 0 Å². The number of anilines is 1. The van der Waals surface area contributed by atoms with Crippen LogP contribution in [0.15, 0.2) is 6.07 Å². The third-order valence-electron chi connectivity index (χ3n) is 3.93. The smallest absolute Gasteiger partial charge is 0.145 e. The number of rotatable bonds is 1. The highest BCUT2D eigenvalue weighted by molar-refractivity contribution is 5.80. The summed E-state index contributed by atoms with van der Waals surface area (Å²) in [5.74, 6) is 2.49. The SMILES string of the molecule is Cc1c2c(c(-c3cc(N)n[nH]3)c3c1OCC3)OCC2. The molecule has 2 aromatic rings. The van der Waals surface area contributed by atoms with E-state index in [1.54, 1.807) is 0 Å². The van der Waals surface area contributed by atoms with Crippen molar-refractivity contribution in [2.24, 2.45) is 0 Å². The van der Waals surface area contributed by atoms with E-state index in [0.29, 0.717) is 5.82 Å². The Hall–Kier alpha value is -2.17. The summed E-state index contributed by atoms with van der Waals surface area (Å²) in [5.41, 5.74) is 11.4. The lowest BCUT2D eigenvalue weighted by Crippen LogP contribution is -1.95. The van der Waals surface area contributed by atoms with E-state index >= 15 is 0 Å². The number of ether oxygens (including phenoxy) is 2. The Balaban J connectivity index is 2.05. The van der Waals surface area contributed by atoms with Crippen LogP contribution in [-0.4, -0.2) is 23.4 Å². The second-order valence-corrected chi connectivity index (χ2v) is 5.02. The summed E-state index contributed by atoms with van der Waals surface area (Å²) in [4.78, 5) is 0. The van der Waals surface area contributed by atoms with Gasteiger partial charge in [0.05, 0.1) is 18.9 Å². The highest BCUT2D eigenvalue weighted by atomic mass is 16.5. The molecule has 0 atom stereocenters. The Bertz CT molecular complexity index is 641. The Morgan fingerprint density at radius 1 is 1.16 bits per heavy atom. The van der Waals surface area contributed by atoms with Crippen LogP contribution in [-0.2, 0) is 12.8 Å². The van der Waals surface area contributed by atoms with Crippen LogP contribution in [0.1, 0.15) is 16.7 Å². The predicted molar refractivity (Wildman–Crippen MR) is 71.6 cm³/mol. The van der Waals surface area contributed by atoms with Crippen LogP contribution < -0.4 is 15.2 Å². The van der Waals surface area contributed by atoms with E-state index in [9.17, 15) is 0 Å². The predicted octanol–water partition coefficient (Wildman–Crippen LogP) is 1.84. The number of nitrogens with two attached hydrogens (primary N) is 1. The van der Waals surface area contributed by atoms with E-state index in [0.717, 1.165) is 48.8 Å². The molecule has 19 heavy (non-hydrogen) atoms. The number of aromatic amines is 1. The van der Waals surface area contributed by atoms with Crippen LogP contribution in [0.5, 0.6) is 11.5 Å². The number of fused-ring (bicyclic) bond motifs is 2. The van der Waals surface area contributed by atoms with E-state index in [-0.39, 0.29) is 0 Å². The van der Waals surface area contributed by atoms with Gasteiger partial charge < -0.3 is 15.2 Å². The number of aromatic nitrogens is 2. The Labute approximate surface area is 110 Å².